The van der Waals surface area contributed by atoms with Gasteiger partial charge in [0.05, 0.1) is 19.8 Å². The summed E-state index contributed by atoms with van der Waals surface area (Å²) in [4.78, 5) is 2.34. The molecule has 1 aromatic rings. The highest BCUT2D eigenvalue weighted by Gasteiger charge is 2.16. The highest BCUT2D eigenvalue weighted by atomic mass is 16.5. The van der Waals surface area contributed by atoms with E-state index in [1.807, 2.05) is 12.1 Å². The van der Waals surface area contributed by atoms with Crippen LogP contribution in [0.15, 0.2) is 18.2 Å². The number of hydrogen-bond donors (Lipinski definition) is 2. The molecule has 1 unspecified atom stereocenters. The second kappa shape index (κ2) is 5.38. The van der Waals surface area contributed by atoms with Crippen LogP contribution >= 0.6 is 0 Å². The van der Waals surface area contributed by atoms with Crippen LogP contribution in [0.2, 0.25) is 0 Å². The predicted molar refractivity (Wildman–Crippen MR) is 68.5 cm³/mol. The summed E-state index contributed by atoms with van der Waals surface area (Å²) in [5.74, 6) is 0.745. The van der Waals surface area contributed by atoms with Gasteiger partial charge in [0.25, 0.3) is 0 Å². The molecule has 0 spiro atoms. The average Bonchev–Trinajstić information content (AvgIpc) is 2.91. The van der Waals surface area contributed by atoms with Crippen molar-refractivity contribution in [3.05, 3.63) is 23.8 Å². The van der Waals surface area contributed by atoms with Crippen LogP contribution in [-0.4, -0.2) is 31.9 Å². The van der Waals surface area contributed by atoms with E-state index in [9.17, 15) is 5.11 Å². The Morgan fingerprint density at radius 2 is 2.12 bits per heavy atom. The van der Waals surface area contributed by atoms with Crippen LogP contribution in [0.4, 0.5) is 5.69 Å². The zero-order valence-electron chi connectivity index (χ0n) is 10.2. The van der Waals surface area contributed by atoms with Gasteiger partial charge in [-0.3, -0.25) is 0 Å². The minimum Gasteiger partial charge on any atom is -0.496 e. The molecule has 4 heteroatoms. The molecule has 0 aliphatic carbocycles. The molecule has 0 saturated carbocycles. The Labute approximate surface area is 102 Å². The van der Waals surface area contributed by atoms with Crippen molar-refractivity contribution in [3.8, 4) is 5.75 Å². The first-order valence-electron chi connectivity index (χ1n) is 6.05. The van der Waals surface area contributed by atoms with Gasteiger partial charge >= 0.3 is 0 Å². The number of rotatable bonds is 4. The summed E-state index contributed by atoms with van der Waals surface area (Å²) in [5.41, 5.74) is 7.93. The summed E-state index contributed by atoms with van der Waals surface area (Å²) in [6.45, 7) is 2.13. The standard InChI is InChI=1S/C13H20N2O2/c1-17-13-5-4-10(15-6-2-3-7-15)8-11(13)12(14)9-16/h4-5,8,12,16H,2-3,6-7,9,14H2,1H3. The third kappa shape index (κ3) is 2.53. The minimum atomic E-state index is -0.382. The second-order valence-corrected chi connectivity index (χ2v) is 4.41. The number of hydrogen-bond acceptors (Lipinski definition) is 4. The van der Waals surface area contributed by atoms with Gasteiger partial charge in [0, 0.05) is 24.3 Å². The zero-order valence-corrected chi connectivity index (χ0v) is 10.2. The summed E-state index contributed by atoms with van der Waals surface area (Å²) < 4.78 is 5.28. The van der Waals surface area contributed by atoms with Gasteiger partial charge in [-0.05, 0) is 31.0 Å². The molecular formula is C13H20N2O2. The Bertz CT molecular complexity index is 376. The predicted octanol–water partition coefficient (Wildman–Crippen LogP) is 1.29. The van der Waals surface area contributed by atoms with E-state index in [-0.39, 0.29) is 12.6 Å². The number of aliphatic hydroxyl groups excluding tert-OH is 1. The molecule has 17 heavy (non-hydrogen) atoms. The van der Waals surface area contributed by atoms with Gasteiger partial charge in [-0.1, -0.05) is 0 Å². The maximum atomic E-state index is 9.17. The molecule has 0 aromatic heterocycles. The lowest BCUT2D eigenvalue weighted by Gasteiger charge is -2.21. The molecule has 1 heterocycles. The van der Waals surface area contributed by atoms with Crippen molar-refractivity contribution in [3.63, 3.8) is 0 Å². The van der Waals surface area contributed by atoms with Crippen LogP contribution < -0.4 is 15.4 Å². The van der Waals surface area contributed by atoms with E-state index in [1.54, 1.807) is 7.11 Å². The maximum Gasteiger partial charge on any atom is 0.123 e. The van der Waals surface area contributed by atoms with Crippen molar-refractivity contribution < 1.29 is 9.84 Å². The van der Waals surface area contributed by atoms with Crippen molar-refractivity contribution in [1.82, 2.24) is 0 Å². The largest absolute Gasteiger partial charge is 0.496 e. The molecule has 1 aliphatic heterocycles. The summed E-state index contributed by atoms with van der Waals surface area (Å²) in [7, 11) is 1.62. The Balaban J connectivity index is 2.30. The molecule has 94 valence electrons. The van der Waals surface area contributed by atoms with E-state index < -0.39 is 0 Å². The average molecular weight is 236 g/mol. The highest BCUT2D eigenvalue weighted by molar-refractivity contribution is 5.54. The number of nitrogens with zero attached hydrogens (tertiary/aromatic N) is 1. The number of nitrogens with two attached hydrogens (primary N) is 1. The molecule has 1 saturated heterocycles. The first kappa shape index (κ1) is 12.2. The smallest absolute Gasteiger partial charge is 0.123 e. The zero-order chi connectivity index (χ0) is 12.3. The molecule has 0 radical (unpaired) electrons. The van der Waals surface area contributed by atoms with Crippen LogP contribution in [-0.2, 0) is 0 Å². The summed E-state index contributed by atoms with van der Waals surface area (Å²) in [6, 6.07) is 5.63. The fourth-order valence-electron chi connectivity index (χ4n) is 2.28. The Morgan fingerprint density at radius 3 is 2.71 bits per heavy atom. The minimum absolute atomic E-state index is 0.0696. The molecular weight excluding hydrogens is 216 g/mol. The highest BCUT2D eigenvalue weighted by Crippen LogP contribution is 2.30. The Kier molecular flexibility index (Phi) is 3.86. The third-order valence-electron chi connectivity index (χ3n) is 3.28. The monoisotopic (exact) mass is 236 g/mol. The molecule has 1 aliphatic rings. The lowest BCUT2D eigenvalue weighted by Crippen LogP contribution is -2.20. The van der Waals surface area contributed by atoms with Gasteiger partial charge in [-0.2, -0.15) is 0 Å². The van der Waals surface area contributed by atoms with Crippen molar-refractivity contribution >= 4 is 5.69 Å². The fraction of sp³-hybridized carbons (Fsp3) is 0.538. The van der Waals surface area contributed by atoms with Crippen LogP contribution in [0.25, 0.3) is 0 Å². The maximum absolute atomic E-state index is 9.17. The first-order valence-corrected chi connectivity index (χ1v) is 6.05. The van der Waals surface area contributed by atoms with Crippen LogP contribution in [0.1, 0.15) is 24.4 Å². The van der Waals surface area contributed by atoms with Gasteiger partial charge in [-0.25, -0.2) is 0 Å². The van der Waals surface area contributed by atoms with Gasteiger partial charge in [0.1, 0.15) is 5.75 Å². The number of aliphatic hydroxyl groups is 1. The molecule has 1 atom stereocenters. The molecule has 1 aromatic carbocycles. The van der Waals surface area contributed by atoms with Crippen molar-refractivity contribution in [2.24, 2.45) is 5.73 Å². The van der Waals surface area contributed by atoms with Gasteiger partial charge in [-0.15, -0.1) is 0 Å². The molecule has 4 nitrogen and oxygen atoms in total. The van der Waals surface area contributed by atoms with E-state index in [0.717, 1.165) is 24.4 Å². The van der Waals surface area contributed by atoms with E-state index in [2.05, 4.69) is 11.0 Å². The quantitative estimate of drug-likeness (QED) is 0.827. The van der Waals surface area contributed by atoms with E-state index in [1.165, 1.54) is 18.5 Å². The fourth-order valence-corrected chi connectivity index (χ4v) is 2.28. The van der Waals surface area contributed by atoms with Crippen molar-refractivity contribution in [2.45, 2.75) is 18.9 Å². The van der Waals surface area contributed by atoms with E-state index >= 15 is 0 Å². The number of benzene rings is 1. The van der Waals surface area contributed by atoms with Gasteiger partial charge in [0.15, 0.2) is 0 Å². The van der Waals surface area contributed by atoms with Crippen LogP contribution in [0.5, 0.6) is 5.75 Å². The normalized spacial score (nSPS) is 17.2. The second-order valence-electron chi connectivity index (χ2n) is 4.41. The lowest BCUT2D eigenvalue weighted by molar-refractivity contribution is 0.264. The number of ether oxygens (including phenoxy) is 1. The van der Waals surface area contributed by atoms with Gasteiger partial charge < -0.3 is 20.5 Å². The Morgan fingerprint density at radius 1 is 1.41 bits per heavy atom. The van der Waals surface area contributed by atoms with E-state index in [4.69, 9.17) is 10.5 Å². The molecule has 3 N–H and O–H groups in total. The molecule has 0 bridgehead atoms. The topological polar surface area (TPSA) is 58.7 Å². The molecule has 0 amide bonds. The van der Waals surface area contributed by atoms with Gasteiger partial charge in [0.2, 0.25) is 0 Å². The number of anilines is 1. The molecule has 1 fully saturated rings. The Hall–Kier alpha value is -1.26. The third-order valence-corrected chi connectivity index (χ3v) is 3.28. The molecule has 2 rings (SSSR count). The van der Waals surface area contributed by atoms with Crippen LogP contribution in [0.3, 0.4) is 0 Å². The SMILES string of the molecule is COc1ccc(N2CCCC2)cc1C(N)CO. The first-order chi connectivity index (χ1) is 8.26. The summed E-state index contributed by atoms with van der Waals surface area (Å²) >= 11 is 0. The van der Waals surface area contributed by atoms with Crippen molar-refractivity contribution in [2.75, 3.05) is 31.7 Å². The summed E-state index contributed by atoms with van der Waals surface area (Å²) in [5, 5.41) is 9.17. The lowest BCUT2D eigenvalue weighted by atomic mass is 10.1. The summed E-state index contributed by atoms with van der Waals surface area (Å²) in [6.07, 6.45) is 2.49. The van der Waals surface area contributed by atoms with Crippen LogP contribution in [0, 0.1) is 0 Å². The van der Waals surface area contributed by atoms with Crippen molar-refractivity contribution in [1.29, 1.82) is 0 Å². The van der Waals surface area contributed by atoms with E-state index in [0.29, 0.717) is 0 Å². The number of methoxy groups -OCH3 is 1.